The number of aromatic nitrogens is 2. The molecule has 0 saturated carbocycles. The molecular formula is C18H15N3O. The second-order valence-electron chi connectivity index (χ2n) is 5.37. The molecule has 2 heterocycles. The number of fused-ring (bicyclic) bond motifs is 2. The minimum Gasteiger partial charge on any atom is -0.359 e. The highest BCUT2D eigenvalue weighted by molar-refractivity contribution is 6.16. The Hall–Kier alpha value is -3.01. The number of benzene rings is 2. The van der Waals surface area contributed by atoms with Crippen LogP contribution in [0.25, 0.3) is 21.8 Å². The van der Waals surface area contributed by atoms with Crippen LogP contribution in [-0.2, 0) is 0 Å². The number of amides is 1. The fourth-order valence-corrected chi connectivity index (χ4v) is 2.93. The first kappa shape index (κ1) is 12.7. The van der Waals surface area contributed by atoms with Gasteiger partial charge in [-0.25, -0.2) is 0 Å². The van der Waals surface area contributed by atoms with E-state index in [2.05, 4.69) is 15.3 Å². The lowest BCUT2D eigenvalue weighted by Gasteiger charge is -2.04. The van der Waals surface area contributed by atoms with E-state index in [0.717, 1.165) is 33.2 Å². The van der Waals surface area contributed by atoms with Gasteiger partial charge < -0.3 is 15.3 Å². The van der Waals surface area contributed by atoms with Crippen LogP contribution >= 0.6 is 0 Å². The highest BCUT2D eigenvalue weighted by atomic mass is 16.1. The second-order valence-corrected chi connectivity index (χ2v) is 5.37. The van der Waals surface area contributed by atoms with E-state index in [4.69, 9.17) is 0 Å². The average molecular weight is 289 g/mol. The van der Waals surface area contributed by atoms with Crippen LogP contribution in [0.1, 0.15) is 16.1 Å². The molecule has 4 heteroatoms. The molecule has 0 fully saturated rings. The minimum absolute atomic E-state index is 0.0975. The summed E-state index contributed by atoms with van der Waals surface area (Å²) in [7, 11) is 0. The maximum absolute atomic E-state index is 12.7. The van der Waals surface area contributed by atoms with Crippen LogP contribution in [0.3, 0.4) is 0 Å². The number of H-pyrrole nitrogens is 2. The molecule has 4 rings (SSSR count). The van der Waals surface area contributed by atoms with Crippen LogP contribution in [0.15, 0.2) is 54.7 Å². The van der Waals surface area contributed by atoms with Crippen LogP contribution in [0, 0.1) is 6.92 Å². The third-order valence-corrected chi connectivity index (χ3v) is 3.96. The van der Waals surface area contributed by atoms with Crippen molar-refractivity contribution in [2.24, 2.45) is 0 Å². The topological polar surface area (TPSA) is 60.7 Å². The van der Waals surface area contributed by atoms with Crippen LogP contribution < -0.4 is 5.32 Å². The molecule has 4 aromatic rings. The van der Waals surface area contributed by atoms with Gasteiger partial charge >= 0.3 is 0 Å². The van der Waals surface area contributed by atoms with Crippen molar-refractivity contribution in [2.75, 3.05) is 5.32 Å². The van der Waals surface area contributed by atoms with Crippen molar-refractivity contribution in [3.05, 3.63) is 66.0 Å². The Balaban J connectivity index is 1.76. The summed E-state index contributed by atoms with van der Waals surface area (Å²) >= 11 is 0. The number of rotatable bonds is 2. The van der Waals surface area contributed by atoms with Gasteiger partial charge in [0.25, 0.3) is 5.91 Å². The highest BCUT2D eigenvalue weighted by Crippen LogP contribution is 2.26. The standard InChI is InChI=1S/C18H15N3O/c1-11-17(13-7-3-5-9-15(13)20-11)18(22)21-16-10-19-14-8-4-2-6-12(14)16/h2-10,19-20H,1H3,(H,21,22). The number of hydrogen-bond acceptors (Lipinski definition) is 1. The lowest BCUT2D eigenvalue weighted by Crippen LogP contribution is -2.12. The molecule has 22 heavy (non-hydrogen) atoms. The quantitative estimate of drug-likeness (QED) is 0.508. The van der Waals surface area contributed by atoms with Crippen LogP contribution in [0.2, 0.25) is 0 Å². The fourth-order valence-electron chi connectivity index (χ4n) is 2.93. The van der Waals surface area contributed by atoms with Gasteiger partial charge in [0.1, 0.15) is 0 Å². The number of carbonyl (C=O) groups excluding carboxylic acids is 1. The molecule has 0 aliphatic heterocycles. The Morgan fingerprint density at radius 2 is 1.64 bits per heavy atom. The van der Waals surface area contributed by atoms with Gasteiger partial charge in [-0.2, -0.15) is 0 Å². The molecule has 0 spiro atoms. The van der Waals surface area contributed by atoms with E-state index in [9.17, 15) is 4.79 Å². The zero-order valence-electron chi connectivity index (χ0n) is 12.1. The molecule has 0 saturated heterocycles. The Kier molecular flexibility index (Phi) is 2.76. The van der Waals surface area contributed by atoms with Gasteiger partial charge in [0.15, 0.2) is 0 Å². The molecular weight excluding hydrogens is 274 g/mol. The number of nitrogens with one attached hydrogen (secondary N) is 3. The van der Waals surface area contributed by atoms with Crippen molar-refractivity contribution < 1.29 is 4.79 Å². The summed E-state index contributed by atoms with van der Waals surface area (Å²) in [5.41, 5.74) is 4.35. The molecule has 4 nitrogen and oxygen atoms in total. The van der Waals surface area contributed by atoms with E-state index in [1.165, 1.54) is 0 Å². The smallest absolute Gasteiger partial charge is 0.258 e. The minimum atomic E-state index is -0.0975. The molecule has 2 aromatic carbocycles. The summed E-state index contributed by atoms with van der Waals surface area (Å²) in [4.78, 5) is 19.1. The molecule has 0 atom stereocenters. The molecule has 3 N–H and O–H groups in total. The van der Waals surface area contributed by atoms with E-state index >= 15 is 0 Å². The Labute approximate surface area is 127 Å². The molecule has 108 valence electrons. The van der Waals surface area contributed by atoms with E-state index in [0.29, 0.717) is 5.56 Å². The second kappa shape index (κ2) is 4.77. The monoisotopic (exact) mass is 289 g/mol. The Morgan fingerprint density at radius 1 is 0.955 bits per heavy atom. The fraction of sp³-hybridized carbons (Fsp3) is 0.0556. The van der Waals surface area contributed by atoms with Gasteiger partial charge in [-0.15, -0.1) is 0 Å². The lowest BCUT2D eigenvalue weighted by atomic mass is 10.1. The summed E-state index contributed by atoms with van der Waals surface area (Å²) < 4.78 is 0. The summed E-state index contributed by atoms with van der Waals surface area (Å²) in [6.07, 6.45) is 1.83. The average Bonchev–Trinajstić information content (AvgIpc) is 3.07. The molecule has 0 bridgehead atoms. The molecule has 1 amide bonds. The SMILES string of the molecule is Cc1[nH]c2ccccc2c1C(=O)Nc1c[nH]c2ccccc12. The third kappa shape index (κ3) is 1.89. The summed E-state index contributed by atoms with van der Waals surface area (Å²) in [6.45, 7) is 1.92. The first-order valence-corrected chi connectivity index (χ1v) is 7.19. The molecule has 0 radical (unpaired) electrons. The number of carbonyl (C=O) groups is 1. The Bertz CT molecular complexity index is 994. The largest absolute Gasteiger partial charge is 0.359 e. The van der Waals surface area contributed by atoms with Crippen molar-refractivity contribution in [1.29, 1.82) is 0 Å². The van der Waals surface area contributed by atoms with Gasteiger partial charge in [0.2, 0.25) is 0 Å². The first-order chi connectivity index (χ1) is 10.7. The maximum Gasteiger partial charge on any atom is 0.258 e. The molecule has 0 aliphatic carbocycles. The van der Waals surface area contributed by atoms with Crippen LogP contribution in [-0.4, -0.2) is 15.9 Å². The number of aromatic amines is 2. The van der Waals surface area contributed by atoms with Crippen molar-refractivity contribution >= 4 is 33.4 Å². The zero-order valence-corrected chi connectivity index (χ0v) is 12.1. The van der Waals surface area contributed by atoms with Crippen LogP contribution in [0.4, 0.5) is 5.69 Å². The van der Waals surface area contributed by atoms with E-state index in [-0.39, 0.29) is 5.91 Å². The van der Waals surface area contributed by atoms with Crippen molar-refractivity contribution in [1.82, 2.24) is 9.97 Å². The molecule has 2 aromatic heterocycles. The molecule has 0 unspecified atom stereocenters. The van der Waals surface area contributed by atoms with Gasteiger partial charge in [0.05, 0.1) is 11.3 Å². The highest BCUT2D eigenvalue weighted by Gasteiger charge is 2.17. The predicted octanol–water partition coefficient (Wildman–Crippen LogP) is 4.21. The van der Waals surface area contributed by atoms with E-state index < -0.39 is 0 Å². The van der Waals surface area contributed by atoms with Crippen molar-refractivity contribution in [3.8, 4) is 0 Å². The van der Waals surface area contributed by atoms with E-state index in [1.807, 2.05) is 61.7 Å². The molecule has 0 aliphatic rings. The van der Waals surface area contributed by atoms with Crippen LogP contribution in [0.5, 0.6) is 0 Å². The summed E-state index contributed by atoms with van der Waals surface area (Å²) in [5.74, 6) is -0.0975. The lowest BCUT2D eigenvalue weighted by molar-refractivity contribution is 0.102. The van der Waals surface area contributed by atoms with Crippen molar-refractivity contribution in [2.45, 2.75) is 6.92 Å². The van der Waals surface area contributed by atoms with Gasteiger partial charge in [-0.05, 0) is 19.1 Å². The Morgan fingerprint density at radius 3 is 2.45 bits per heavy atom. The third-order valence-electron chi connectivity index (χ3n) is 3.96. The van der Waals surface area contributed by atoms with E-state index in [1.54, 1.807) is 0 Å². The van der Waals surface area contributed by atoms with Gasteiger partial charge in [0, 0.05) is 33.7 Å². The predicted molar refractivity (Wildman–Crippen MR) is 89.3 cm³/mol. The summed E-state index contributed by atoms with van der Waals surface area (Å²) in [5, 5.41) is 4.96. The van der Waals surface area contributed by atoms with Gasteiger partial charge in [-0.3, -0.25) is 4.79 Å². The summed E-state index contributed by atoms with van der Waals surface area (Å²) in [6, 6.07) is 15.7. The zero-order chi connectivity index (χ0) is 15.1. The van der Waals surface area contributed by atoms with Crippen molar-refractivity contribution in [3.63, 3.8) is 0 Å². The maximum atomic E-state index is 12.7. The number of hydrogen-bond donors (Lipinski definition) is 3. The number of para-hydroxylation sites is 2. The normalized spacial score (nSPS) is 11.1. The first-order valence-electron chi connectivity index (χ1n) is 7.19. The number of anilines is 1. The number of aryl methyl sites for hydroxylation is 1. The van der Waals surface area contributed by atoms with Gasteiger partial charge in [-0.1, -0.05) is 36.4 Å².